The van der Waals surface area contributed by atoms with E-state index >= 15 is 0 Å². The molecule has 7 heavy (non-hydrogen) atoms. The summed E-state index contributed by atoms with van der Waals surface area (Å²) in [6.45, 7) is 0. The standard InChI is InChI=1S/C4H8OS2/c5-3-1-7-2-4(3)6/h3-6H,1-2H2/t3-,4+/m1/s1. The predicted octanol–water partition coefficient (Wildman–Crippen LogP) is 0.393. The SMILES string of the molecule is O[C@@H]1CSC[C@@H]1S. The molecule has 0 amide bonds. The Hall–Kier alpha value is 0.660. The minimum absolute atomic E-state index is 0.159. The molecule has 42 valence electrons. The van der Waals surface area contributed by atoms with Gasteiger partial charge in [0.1, 0.15) is 0 Å². The van der Waals surface area contributed by atoms with Crippen molar-refractivity contribution in [1.29, 1.82) is 0 Å². The fourth-order valence-electron chi connectivity index (χ4n) is 0.532. The molecule has 1 aliphatic heterocycles. The maximum absolute atomic E-state index is 8.90. The van der Waals surface area contributed by atoms with Gasteiger partial charge in [0.25, 0.3) is 0 Å². The summed E-state index contributed by atoms with van der Waals surface area (Å²) in [5, 5.41) is 9.13. The monoisotopic (exact) mass is 136 g/mol. The predicted molar refractivity (Wildman–Crippen MR) is 36.1 cm³/mol. The van der Waals surface area contributed by atoms with Crippen LogP contribution in [0.5, 0.6) is 0 Å². The van der Waals surface area contributed by atoms with Crippen molar-refractivity contribution < 1.29 is 5.11 Å². The van der Waals surface area contributed by atoms with Crippen LogP contribution in [0.4, 0.5) is 0 Å². The van der Waals surface area contributed by atoms with Crippen molar-refractivity contribution in [2.45, 2.75) is 11.4 Å². The number of hydrogen-bond donors (Lipinski definition) is 2. The van der Waals surface area contributed by atoms with Crippen LogP contribution >= 0.6 is 24.4 Å². The van der Waals surface area contributed by atoms with E-state index < -0.39 is 0 Å². The topological polar surface area (TPSA) is 20.2 Å². The van der Waals surface area contributed by atoms with Gasteiger partial charge in [-0.15, -0.1) is 0 Å². The molecule has 1 rings (SSSR count). The molecule has 0 aromatic heterocycles. The van der Waals surface area contributed by atoms with Crippen molar-refractivity contribution in [2.24, 2.45) is 0 Å². The second kappa shape index (κ2) is 2.29. The third-order valence-corrected chi connectivity index (χ3v) is 2.97. The molecule has 0 aromatic carbocycles. The summed E-state index contributed by atoms with van der Waals surface area (Å²) in [5.41, 5.74) is 0. The first-order chi connectivity index (χ1) is 3.30. The van der Waals surface area contributed by atoms with Crippen LogP contribution in [-0.2, 0) is 0 Å². The third kappa shape index (κ3) is 1.27. The van der Waals surface area contributed by atoms with Gasteiger partial charge in [0.05, 0.1) is 6.10 Å². The highest BCUT2D eigenvalue weighted by Gasteiger charge is 2.21. The molecule has 1 fully saturated rings. The highest BCUT2D eigenvalue weighted by atomic mass is 32.2. The molecule has 0 unspecified atom stereocenters. The number of thioether (sulfide) groups is 1. The minimum atomic E-state index is -0.159. The Morgan fingerprint density at radius 1 is 1.57 bits per heavy atom. The van der Waals surface area contributed by atoms with Crippen LogP contribution in [-0.4, -0.2) is 28.0 Å². The quantitative estimate of drug-likeness (QED) is 0.470. The summed E-state index contributed by atoms with van der Waals surface area (Å²) < 4.78 is 0. The lowest BCUT2D eigenvalue weighted by Crippen LogP contribution is -2.16. The number of aliphatic hydroxyl groups excluding tert-OH is 1. The Kier molecular flexibility index (Phi) is 1.89. The van der Waals surface area contributed by atoms with Crippen LogP contribution in [0, 0.1) is 0 Å². The largest absolute Gasteiger partial charge is 0.391 e. The lowest BCUT2D eigenvalue weighted by molar-refractivity contribution is 0.208. The zero-order valence-corrected chi connectivity index (χ0v) is 5.58. The maximum Gasteiger partial charge on any atom is 0.0754 e. The Balaban J connectivity index is 2.33. The van der Waals surface area contributed by atoms with Gasteiger partial charge in [-0.05, 0) is 0 Å². The summed E-state index contributed by atoms with van der Waals surface area (Å²) in [7, 11) is 0. The lowest BCUT2D eigenvalue weighted by Gasteiger charge is -2.01. The van der Waals surface area contributed by atoms with E-state index in [9.17, 15) is 0 Å². The molecule has 0 bridgehead atoms. The average molecular weight is 136 g/mol. The second-order valence-electron chi connectivity index (χ2n) is 1.67. The van der Waals surface area contributed by atoms with Crippen molar-refractivity contribution >= 4 is 24.4 Å². The summed E-state index contributed by atoms with van der Waals surface area (Å²) >= 11 is 5.88. The molecule has 3 heteroatoms. The average Bonchev–Trinajstić information content (AvgIpc) is 1.91. The first kappa shape index (κ1) is 5.79. The van der Waals surface area contributed by atoms with Crippen LogP contribution in [0.25, 0.3) is 0 Å². The van der Waals surface area contributed by atoms with Crippen molar-refractivity contribution in [3.05, 3.63) is 0 Å². The molecule has 1 aliphatic rings. The highest BCUT2D eigenvalue weighted by molar-refractivity contribution is 8.00. The number of hydrogen-bond acceptors (Lipinski definition) is 3. The molecule has 1 N–H and O–H groups in total. The Bertz CT molecular complexity index is 58.7. The normalized spacial score (nSPS) is 42.0. The van der Waals surface area contributed by atoms with Gasteiger partial charge >= 0.3 is 0 Å². The molecule has 0 aliphatic carbocycles. The number of thiol groups is 1. The minimum Gasteiger partial charge on any atom is -0.391 e. The van der Waals surface area contributed by atoms with Crippen LogP contribution in [0.3, 0.4) is 0 Å². The molecule has 0 saturated carbocycles. The van der Waals surface area contributed by atoms with E-state index in [1.807, 2.05) is 0 Å². The Morgan fingerprint density at radius 3 is 2.43 bits per heavy atom. The zero-order valence-electron chi connectivity index (χ0n) is 3.87. The maximum atomic E-state index is 8.90. The van der Waals surface area contributed by atoms with Gasteiger partial charge in [-0.3, -0.25) is 0 Å². The highest BCUT2D eigenvalue weighted by Crippen LogP contribution is 2.21. The smallest absolute Gasteiger partial charge is 0.0754 e. The fraction of sp³-hybridized carbons (Fsp3) is 1.00. The van der Waals surface area contributed by atoms with Gasteiger partial charge in [0.15, 0.2) is 0 Å². The molecule has 2 atom stereocenters. The first-order valence-electron chi connectivity index (χ1n) is 2.24. The Labute approximate surface area is 52.9 Å². The molecule has 0 radical (unpaired) electrons. The fourth-order valence-corrected chi connectivity index (χ4v) is 2.17. The molecule has 0 spiro atoms. The van der Waals surface area contributed by atoms with Crippen molar-refractivity contribution in [3.8, 4) is 0 Å². The van der Waals surface area contributed by atoms with Crippen LogP contribution in [0.2, 0.25) is 0 Å². The molecule has 1 saturated heterocycles. The third-order valence-electron chi connectivity index (χ3n) is 1.02. The van der Waals surface area contributed by atoms with Gasteiger partial charge in [0.2, 0.25) is 0 Å². The number of aliphatic hydroxyl groups is 1. The van der Waals surface area contributed by atoms with Crippen LogP contribution in [0.15, 0.2) is 0 Å². The van der Waals surface area contributed by atoms with Gasteiger partial charge in [-0.1, -0.05) is 0 Å². The van der Waals surface area contributed by atoms with E-state index in [0.717, 1.165) is 11.5 Å². The lowest BCUT2D eigenvalue weighted by atomic mass is 10.3. The number of rotatable bonds is 0. The summed E-state index contributed by atoms with van der Waals surface area (Å²) in [6, 6.07) is 0. The zero-order chi connectivity index (χ0) is 5.28. The second-order valence-corrected chi connectivity index (χ2v) is 3.41. The molecular weight excluding hydrogens is 128 g/mol. The Morgan fingerprint density at radius 2 is 2.29 bits per heavy atom. The summed E-state index contributed by atoms with van der Waals surface area (Å²) in [5.74, 6) is 1.87. The molecule has 1 heterocycles. The molecule has 1 nitrogen and oxygen atoms in total. The van der Waals surface area contributed by atoms with Gasteiger partial charge in [-0.2, -0.15) is 24.4 Å². The van der Waals surface area contributed by atoms with Crippen LogP contribution in [0.1, 0.15) is 0 Å². The van der Waals surface area contributed by atoms with Crippen molar-refractivity contribution in [3.63, 3.8) is 0 Å². The van der Waals surface area contributed by atoms with E-state index in [1.165, 1.54) is 0 Å². The van der Waals surface area contributed by atoms with Crippen LogP contribution < -0.4 is 0 Å². The van der Waals surface area contributed by atoms with Gasteiger partial charge in [-0.25, -0.2) is 0 Å². The van der Waals surface area contributed by atoms with Gasteiger partial charge in [0, 0.05) is 16.8 Å². The molecular formula is C4H8OS2. The van der Waals surface area contributed by atoms with E-state index in [0.29, 0.717) is 0 Å². The van der Waals surface area contributed by atoms with E-state index in [1.54, 1.807) is 11.8 Å². The van der Waals surface area contributed by atoms with Crippen molar-refractivity contribution in [2.75, 3.05) is 11.5 Å². The first-order valence-corrected chi connectivity index (χ1v) is 3.91. The van der Waals surface area contributed by atoms with E-state index in [-0.39, 0.29) is 11.4 Å². The van der Waals surface area contributed by atoms with Crippen molar-refractivity contribution in [1.82, 2.24) is 0 Å². The van der Waals surface area contributed by atoms with Gasteiger partial charge < -0.3 is 5.11 Å². The van der Waals surface area contributed by atoms with E-state index in [4.69, 9.17) is 5.11 Å². The van der Waals surface area contributed by atoms with E-state index in [2.05, 4.69) is 12.6 Å². The summed E-state index contributed by atoms with van der Waals surface area (Å²) in [6.07, 6.45) is -0.159. The molecule has 0 aromatic rings. The summed E-state index contributed by atoms with van der Waals surface area (Å²) in [4.78, 5) is 0.